The van der Waals surface area contributed by atoms with E-state index in [0.717, 1.165) is 10.9 Å². The van der Waals surface area contributed by atoms with Crippen LogP contribution in [0.5, 0.6) is 5.75 Å². The Labute approximate surface area is 259 Å². The average molecular weight is 630 g/mol. The number of halogens is 3. The van der Waals surface area contributed by atoms with E-state index in [2.05, 4.69) is 25.3 Å². The van der Waals surface area contributed by atoms with E-state index in [1.807, 2.05) is 12.4 Å². The van der Waals surface area contributed by atoms with Crippen molar-refractivity contribution in [1.29, 1.82) is 0 Å². The Hall–Kier alpha value is -4.20. The molecule has 2 unspecified atom stereocenters. The first kappa shape index (κ1) is 32.2. The quantitative estimate of drug-likeness (QED) is 0.318. The summed E-state index contributed by atoms with van der Waals surface area (Å²) in [4.78, 5) is 38.6. The van der Waals surface area contributed by atoms with Gasteiger partial charge < -0.3 is 24.6 Å². The van der Waals surface area contributed by atoms with Crippen LogP contribution < -0.4 is 20.5 Å². The number of piperazine rings is 1. The molecule has 0 radical (unpaired) electrons. The molecule has 2 atom stereocenters. The second kappa shape index (κ2) is 13.8. The Bertz CT molecular complexity index is 1500. The maximum absolute atomic E-state index is 14.0. The van der Waals surface area contributed by atoms with Gasteiger partial charge in [0.1, 0.15) is 11.3 Å². The molecule has 2 aliphatic rings. The molecule has 0 bridgehead atoms. The lowest BCUT2D eigenvalue weighted by Gasteiger charge is -2.35. The van der Waals surface area contributed by atoms with Crippen molar-refractivity contribution in [3.63, 3.8) is 0 Å². The van der Waals surface area contributed by atoms with Crippen LogP contribution in [0.1, 0.15) is 55.7 Å². The maximum atomic E-state index is 14.0. The number of hydrogen-bond acceptors (Lipinski definition) is 9. The molecule has 14 heteroatoms. The fourth-order valence-electron chi connectivity index (χ4n) is 5.22. The highest BCUT2D eigenvalue weighted by Gasteiger charge is 2.38. The predicted molar refractivity (Wildman–Crippen MR) is 162 cm³/mol. The second-order valence-corrected chi connectivity index (χ2v) is 11.6. The van der Waals surface area contributed by atoms with Crippen LogP contribution in [0, 0.1) is 0 Å². The molecule has 1 saturated heterocycles. The average Bonchev–Trinajstić information content (AvgIpc) is 3.87. The number of carbonyl (C=O) groups excluding carboxylic acids is 1. The van der Waals surface area contributed by atoms with E-state index in [4.69, 9.17) is 9.47 Å². The Kier molecular flexibility index (Phi) is 9.90. The fourth-order valence-corrected chi connectivity index (χ4v) is 5.22. The van der Waals surface area contributed by atoms with Crippen molar-refractivity contribution in [2.24, 2.45) is 0 Å². The van der Waals surface area contributed by atoms with Gasteiger partial charge in [-0.15, -0.1) is 0 Å². The fraction of sp³-hybridized carbons (Fsp3) is 0.516. The largest absolute Gasteiger partial charge is 0.497 e. The van der Waals surface area contributed by atoms with Crippen LogP contribution in [0.4, 0.5) is 24.8 Å². The van der Waals surface area contributed by atoms with Crippen molar-refractivity contribution in [3.8, 4) is 5.75 Å². The summed E-state index contributed by atoms with van der Waals surface area (Å²) in [5.41, 5.74) is -1.24. The molecule has 1 saturated carbocycles. The number of anilines is 2. The van der Waals surface area contributed by atoms with Crippen LogP contribution in [0.25, 0.3) is 0 Å². The smallest absolute Gasteiger partial charge is 0.423 e. The van der Waals surface area contributed by atoms with Crippen molar-refractivity contribution >= 4 is 17.5 Å². The zero-order chi connectivity index (χ0) is 32.1. The third-order valence-corrected chi connectivity index (χ3v) is 7.94. The minimum Gasteiger partial charge on any atom is -0.497 e. The van der Waals surface area contributed by atoms with E-state index in [1.54, 1.807) is 43.0 Å². The van der Waals surface area contributed by atoms with Crippen LogP contribution in [0.15, 0.2) is 47.7 Å². The van der Waals surface area contributed by atoms with Crippen molar-refractivity contribution in [2.75, 3.05) is 50.1 Å². The molecule has 2 aromatic heterocycles. The molecule has 3 heterocycles. The zero-order valence-corrected chi connectivity index (χ0v) is 25.6. The second-order valence-electron chi connectivity index (χ2n) is 11.6. The van der Waals surface area contributed by atoms with Gasteiger partial charge in [-0.3, -0.25) is 9.59 Å². The highest BCUT2D eigenvalue weighted by molar-refractivity contribution is 5.77. The van der Waals surface area contributed by atoms with Gasteiger partial charge in [0.15, 0.2) is 0 Å². The van der Waals surface area contributed by atoms with Gasteiger partial charge in [-0.05, 0) is 55.9 Å². The molecule has 1 aromatic carbocycles. The highest BCUT2D eigenvalue weighted by atomic mass is 19.4. The van der Waals surface area contributed by atoms with Crippen LogP contribution >= 0.6 is 0 Å². The van der Waals surface area contributed by atoms with Crippen molar-refractivity contribution in [1.82, 2.24) is 24.6 Å². The van der Waals surface area contributed by atoms with Gasteiger partial charge in [-0.1, -0.05) is 12.1 Å². The number of nitrogens with zero attached hydrogens (tertiary/aromatic N) is 6. The molecule has 2 fully saturated rings. The van der Waals surface area contributed by atoms with E-state index >= 15 is 0 Å². The molecule has 11 nitrogen and oxygen atoms in total. The van der Waals surface area contributed by atoms with Crippen molar-refractivity contribution in [3.05, 3.63) is 69.9 Å². The summed E-state index contributed by atoms with van der Waals surface area (Å²) in [6, 6.07) is 6.02. The van der Waals surface area contributed by atoms with Gasteiger partial charge in [-0.2, -0.15) is 18.3 Å². The number of methoxy groups -OCH3 is 1. The highest BCUT2D eigenvalue weighted by Crippen LogP contribution is 2.39. The van der Waals surface area contributed by atoms with Gasteiger partial charge >= 0.3 is 6.18 Å². The van der Waals surface area contributed by atoms with Gasteiger partial charge in [0.2, 0.25) is 11.9 Å². The van der Waals surface area contributed by atoms with E-state index in [0.29, 0.717) is 49.4 Å². The van der Waals surface area contributed by atoms with E-state index in [1.165, 1.54) is 25.5 Å². The normalized spacial score (nSPS) is 16.8. The molecule has 1 aliphatic carbocycles. The number of hydrogen-bond donors (Lipinski definition) is 1. The summed E-state index contributed by atoms with van der Waals surface area (Å²) in [5, 5.41) is 6.70. The third kappa shape index (κ3) is 8.29. The number of aromatic nitrogens is 4. The Morgan fingerprint density at radius 1 is 1.04 bits per heavy atom. The standard InChI is InChI=1S/C31H38F3N7O4/c1-20(38-26-17-37-41(29(43)28(26)31(32,33)34)18-22-4-8-25(44-3)9-5-22)19-45-21(2)14-27(42)39-10-12-40(13-11-39)30-35-15-24(16-36-30)23-6-7-23/h4-5,8-9,15-17,20-21,23,38H,6-7,10-14,18-19H2,1-3H3. The molecular weight excluding hydrogens is 591 g/mol. The number of nitrogens with one attached hydrogen (secondary N) is 1. The van der Waals surface area contributed by atoms with Gasteiger partial charge in [0, 0.05) is 44.6 Å². The lowest BCUT2D eigenvalue weighted by atomic mass is 10.2. The summed E-state index contributed by atoms with van der Waals surface area (Å²) in [6.45, 7) is 5.59. The lowest BCUT2D eigenvalue weighted by Crippen LogP contribution is -2.49. The Morgan fingerprint density at radius 3 is 2.31 bits per heavy atom. The van der Waals surface area contributed by atoms with Gasteiger partial charge in [0.25, 0.3) is 5.56 Å². The lowest BCUT2D eigenvalue weighted by molar-refractivity contribution is -0.138. The number of benzene rings is 1. The minimum atomic E-state index is -4.90. The van der Waals surface area contributed by atoms with E-state index < -0.39 is 35.1 Å². The van der Waals surface area contributed by atoms with Crippen molar-refractivity contribution < 1.29 is 27.4 Å². The number of carbonyl (C=O) groups is 1. The molecular formula is C31H38F3N7O4. The van der Waals surface area contributed by atoms with E-state index in [-0.39, 0.29) is 25.5 Å². The minimum absolute atomic E-state index is 0.0165. The molecule has 45 heavy (non-hydrogen) atoms. The maximum Gasteiger partial charge on any atom is 0.423 e. The van der Waals surface area contributed by atoms with Crippen molar-refractivity contribution in [2.45, 2.75) is 63.9 Å². The van der Waals surface area contributed by atoms with Crippen LogP contribution in [-0.2, 0) is 22.3 Å². The van der Waals surface area contributed by atoms with Crippen LogP contribution in [0.3, 0.4) is 0 Å². The molecule has 5 rings (SSSR count). The number of rotatable bonds is 12. The van der Waals surface area contributed by atoms with Crippen LogP contribution in [-0.4, -0.2) is 82.6 Å². The summed E-state index contributed by atoms with van der Waals surface area (Å²) < 4.78 is 53.7. The molecule has 1 amide bonds. The molecule has 1 aliphatic heterocycles. The molecule has 3 aromatic rings. The first-order valence-corrected chi connectivity index (χ1v) is 15.0. The number of amides is 1. The first-order valence-electron chi connectivity index (χ1n) is 15.0. The van der Waals surface area contributed by atoms with E-state index in [9.17, 15) is 22.8 Å². The summed E-state index contributed by atoms with van der Waals surface area (Å²) in [6.07, 6.45) is 1.95. The van der Waals surface area contributed by atoms with Gasteiger partial charge in [0.05, 0.1) is 44.7 Å². The topological polar surface area (TPSA) is 115 Å². The van der Waals surface area contributed by atoms with Crippen LogP contribution in [0.2, 0.25) is 0 Å². The summed E-state index contributed by atoms with van der Waals surface area (Å²) in [5.74, 6) is 1.79. The molecule has 0 spiro atoms. The third-order valence-electron chi connectivity index (χ3n) is 7.94. The Morgan fingerprint density at radius 2 is 1.71 bits per heavy atom. The summed E-state index contributed by atoms with van der Waals surface area (Å²) in [7, 11) is 1.50. The number of alkyl halides is 3. The molecule has 1 N–H and O–H groups in total. The molecule has 242 valence electrons. The van der Waals surface area contributed by atoms with Gasteiger partial charge in [-0.25, -0.2) is 14.6 Å². The zero-order valence-electron chi connectivity index (χ0n) is 25.6. The first-order chi connectivity index (χ1) is 21.5. The SMILES string of the molecule is COc1ccc(Cn2ncc(NC(C)COC(C)CC(=O)N3CCN(c4ncc(C5CC5)cn4)CC3)c(C(F)(F)F)c2=O)cc1. The number of ether oxygens (including phenoxy) is 2. The predicted octanol–water partition coefficient (Wildman–Crippen LogP) is 3.93. The summed E-state index contributed by atoms with van der Waals surface area (Å²) >= 11 is 0. The Balaban J connectivity index is 1.10. The monoisotopic (exact) mass is 629 g/mol.